The zero-order valence-corrected chi connectivity index (χ0v) is 11.3. The van der Waals surface area contributed by atoms with Crippen LogP contribution in [0.3, 0.4) is 0 Å². The lowest BCUT2D eigenvalue weighted by molar-refractivity contribution is -0.117. The van der Waals surface area contributed by atoms with Crippen molar-refractivity contribution in [3.05, 3.63) is 71.8 Å². The van der Waals surface area contributed by atoms with Crippen molar-refractivity contribution in [3.8, 4) is 5.75 Å². The zero-order valence-electron chi connectivity index (χ0n) is 11.3. The third-order valence-corrected chi connectivity index (χ3v) is 2.96. The molecule has 0 fully saturated rings. The number of rotatable bonds is 4. The summed E-state index contributed by atoms with van der Waals surface area (Å²) in [4.78, 5) is 11.8. The van der Waals surface area contributed by atoms with Gasteiger partial charge in [-0.15, -0.1) is 0 Å². The Balaban J connectivity index is 1.96. The number of benzene rings is 2. The van der Waals surface area contributed by atoms with Crippen LogP contribution >= 0.6 is 0 Å². The summed E-state index contributed by atoms with van der Waals surface area (Å²) in [6.07, 6.45) is 3.28. The minimum atomic E-state index is -0.162. The van der Waals surface area contributed by atoms with Gasteiger partial charge < -0.3 is 10.4 Å². The lowest BCUT2D eigenvalue weighted by Crippen LogP contribution is -2.24. The summed E-state index contributed by atoms with van der Waals surface area (Å²) in [6, 6.07) is 16.4. The largest absolute Gasteiger partial charge is 0.508 e. The predicted molar refractivity (Wildman–Crippen MR) is 80.1 cm³/mol. The molecule has 0 aromatic heterocycles. The van der Waals surface area contributed by atoms with E-state index in [1.807, 2.05) is 43.3 Å². The minimum absolute atomic E-state index is 0.157. The molecule has 0 spiro atoms. The van der Waals surface area contributed by atoms with Gasteiger partial charge in [-0.25, -0.2) is 0 Å². The first kappa shape index (κ1) is 13.9. The van der Waals surface area contributed by atoms with Crippen LogP contribution in [-0.2, 0) is 4.79 Å². The van der Waals surface area contributed by atoms with Crippen molar-refractivity contribution in [2.45, 2.75) is 13.0 Å². The molecule has 0 unspecified atom stereocenters. The Labute approximate surface area is 118 Å². The van der Waals surface area contributed by atoms with E-state index >= 15 is 0 Å². The molecule has 3 heteroatoms. The van der Waals surface area contributed by atoms with Gasteiger partial charge in [-0.1, -0.05) is 42.5 Å². The third-order valence-electron chi connectivity index (χ3n) is 2.96. The van der Waals surface area contributed by atoms with Crippen LogP contribution < -0.4 is 5.32 Å². The molecule has 0 aliphatic rings. The lowest BCUT2D eigenvalue weighted by atomic mass is 10.1. The molecule has 2 N–H and O–H groups in total. The Morgan fingerprint density at radius 2 is 1.90 bits per heavy atom. The molecule has 0 saturated heterocycles. The highest BCUT2D eigenvalue weighted by Crippen LogP contribution is 2.17. The van der Waals surface area contributed by atoms with Gasteiger partial charge in [-0.05, 0) is 36.3 Å². The molecule has 1 amide bonds. The molecule has 2 aromatic rings. The summed E-state index contributed by atoms with van der Waals surface area (Å²) in [5.74, 6) is 0.0353. The molecular weight excluding hydrogens is 250 g/mol. The molecule has 0 aliphatic carbocycles. The Kier molecular flexibility index (Phi) is 4.56. The first-order valence-corrected chi connectivity index (χ1v) is 6.48. The topological polar surface area (TPSA) is 49.3 Å². The van der Waals surface area contributed by atoms with E-state index < -0.39 is 0 Å². The highest BCUT2D eigenvalue weighted by molar-refractivity contribution is 5.91. The van der Waals surface area contributed by atoms with Crippen LogP contribution in [0.15, 0.2) is 60.7 Å². The molecule has 0 saturated carbocycles. The summed E-state index contributed by atoms with van der Waals surface area (Å²) in [5.41, 5.74) is 1.85. The second-order valence-electron chi connectivity index (χ2n) is 4.57. The fraction of sp³-hybridized carbons (Fsp3) is 0.118. The lowest BCUT2D eigenvalue weighted by Gasteiger charge is -2.13. The molecule has 2 rings (SSSR count). The average molecular weight is 267 g/mol. The number of phenols is 1. The molecule has 0 heterocycles. The van der Waals surface area contributed by atoms with Crippen molar-refractivity contribution in [2.24, 2.45) is 0 Å². The number of hydrogen-bond donors (Lipinski definition) is 2. The minimum Gasteiger partial charge on any atom is -0.508 e. The van der Waals surface area contributed by atoms with Crippen molar-refractivity contribution in [2.75, 3.05) is 0 Å². The van der Waals surface area contributed by atoms with Gasteiger partial charge in [0, 0.05) is 6.08 Å². The zero-order chi connectivity index (χ0) is 14.4. The fourth-order valence-electron chi connectivity index (χ4n) is 1.88. The summed E-state index contributed by atoms with van der Waals surface area (Å²) in [6.45, 7) is 1.88. The molecule has 0 aliphatic heterocycles. The Morgan fingerprint density at radius 3 is 2.60 bits per heavy atom. The summed E-state index contributed by atoms with van der Waals surface area (Å²) in [5, 5.41) is 12.3. The van der Waals surface area contributed by atoms with Gasteiger partial charge in [0.1, 0.15) is 5.75 Å². The van der Waals surface area contributed by atoms with Crippen LogP contribution in [0.1, 0.15) is 24.1 Å². The second kappa shape index (κ2) is 6.57. The molecule has 0 bridgehead atoms. The fourth-order valence-corrected chi connectivity index (χ4v) is 1.88. The molecule has 3 nitrogen and oxygen atoms in total. The van der Waals surface area contributed by atoms with E-state index in [0.717, 1.165) is 11.1 Å². The maximum absolute atomic E-state index is 11.8. The second-order valence-corrected chi connectivity index (χ2v) is 4.57. The van der Waals surface area contributed by atoms with Crippen molar-refractivity contribution in [3.63, 3.8) is 0 Å². The predicted octanol–water partition coefficient (Wildman–Crippen LogP) is 3.28. The highest BCUT2D eigenvalue weighted by atomic mass is 16.3. The van der Waals surface area contributed by atoms with Gasteiger partial charge in [-0.3, -0.25) is 4.79 Å². The van der Waals surface area contributed by atoms with E-state index in [2.05, 4.69) is 5.32 Å². The number of phenolic OH excluding ortho intramolecular Hbond substituents is 1. The number of carbonyl (C=O) groups excluding carboxylic acids is 1. The van der Waals surface area contributed by atoms with E-state index in [-0.39, 0.29) is 17.7 Å². The van der Waals surface area contributed by atoms with Gasteiger partial charge in [0.05, 0.1) is 6.04 Å². The highest BCUT2D eigenvalue weighted by Gasteiger charge is 2.07. The van der Waals surface area contributed by atoms with E-state index in [4.69, 9.17) is 0 Å². The van der Waals surface area contributed by atoms with Crippen LogP contribution in [0.25, 0.3) is 6.08 Å². The first-order chi connectivity index (χ1) is 9.65. The molecule has 2 aromatic carbocycles. The molecule has 102 valence electrons. The van der Waals surface area contributed by atoms with Crippen LogP contribution in [0.5, 0.6) is 5.75 Å². The third kappa shape index (κ3) is 3.99. The smallest absolute Gasteiger partial charge is 0.244 e. The summed E-state index contributed by atoms with van der Waals surface area (Å²) >= 11 is 0. The van der Waals surface area contributed by atoms with Crippen molar-refractivity contribution < 1.29 is 9.90 Å². The van der Waals surface area contributed by atoms with Crippen LogP contribution in [0.2, 0.25) is 0 Å². The number of hydrogen-bond acceptors (Lipinski definition) is 2. The van der Waals surface area contributed by atoms with E-state index in [0.29, 0.717) is 0 Å². The Bertz CT molecular complexity index is 605. The van der Waals surface area contributed by atoms with Gasteiger partial charge in [0.15, 0.2) is 0 Å². The van der Waals surface area contributed by atoms with Crippen LogP contribution in [0.4, 0.5) is 0 Å². The average Bonchev–Trinajstić information content (AvgIpc) is 2.46. The number of aromatic hydroxyl groups is 1. The first-order valence-electron chi connectivity index (χ1n) is 6.48. The van der Waals surface area contributed by atoms with Gasteiger partial charge >= 0.3 is 0 Å². The SMILES string of the molecule is C[C@H](NC(=O)/C=C/c1ccccc1)c1cccc(O)c1. The van der Waals surface area contributed by atoms with Gasteiger partial charge in [0.25, 0.3) is 0 Å². The number of carbonyl (C=O) groups is 1. The molecular formula is C17H17NO2. The van der Waals surface area contributed by atoms with Crippen molar-refractivity contribution in [1.82, 2.24) is 5.32 Å². The quantitative estimate of drug-likeness (QED) is 0.835. The Morgan fingerprint density at radius 1 is 1.15 bits per heavy atom. The summed E-state index contributed by atoms with van der Waals surface area (Å²) < 4.78 is 0. The van der Waals surface area contributed by atoms with E-state index in [9.17, 15) is 9.90 Å². The van der Waals surface area contributed by atoms with Crippen molar-refractivity contribution >= 4 is 12.0 Å². The summed E-state index contributed by atoms with van der Waals surface area (Å²) in [7, 11) is 0. The standard InChI is InChI=1S/C17H17NO2/c1-13(15-8-5-9-16(19)12-15)18-17(20)11-10-14-6-3-2-4-7-14/h2-13,19H,1H3,(H,18,20)/b11-10+/t13-/m0/s1. The van der Waals surface area contributed by atoms with Crippen LogP contribution in [0, 0.1) is 0 Å². The van der Waals surface area contributed by atoms with E-state index in [1.165, 1.54) is 6.08 Å². The molecule has 0 radical (unpaired) electrons. The van der Waals surface area contributed by atoms with Crippen LogP contribution in [-0.4, -0.2) is 11.0 Å². The number of nitrogens with one attached hydrogen (secondary N) is 1. The molecule has 1 atom stereocenters. The van der Waals surface area contributed by atoms with Gasteiger partial charge in [-0.2, -0.15) is 0 Å². The van der Waals surface area contributed by atoms with Gasteiger partial charge in [0.2, 0.25) is 5.91 Å². The van der Waals surface area contributed by atoms with E-state index in [1.54, 1.807) is 24.3 Å². The maximum Gasteiger partial charge on any atom is 0.244 e. The van der Waals surface area contributed by atoms with Crippen molar-refractivity contribution in [1.29, 1.82) is 0 Å². The maximum atomic E-state index is 11.8. The number of amides is 1. The normalized spacial score (nSPS) is 12.2. The molecule has 20 heavy (non-hydrogen) atoms. The Hall–Kier alpha value is -2.55. The monoisotopic (exact) mass is 267 g/mol.